The van der Waals surface area contributed by atoms with Crippen LogP contribution in [0, 0.1) is 29.4 Å². The third-order valence-corrected chi connectivity index (χ3v) is 13.9. The van der Waals surface area contributed by atoms with E-state index in [9.17, 15) is 0 Å². The molecular formula is C56H56IrN5Si. The first kappa shape index (κ1) is 45.3. The Labute approximate surface area is 389 Å². The zero-order valence-electron chi connectivity index (χ0n) is 37.9. The van der Waals surface area contributed by atoms with Crippen molar-refractivity contribution in [3.63, 3.8) is 0 Å². The van der Waals surface area contributed by atoms with Crippen LogP contribution in [0.1, 0.15) is 87.4 Å². The number of nitriles is 1. The molecular weight excluding hydrogens is 963 g/mol. The van der Waals surface area contributed by atoms with E-state index in [1.54, 1.807) is 6.07 Å². The predicted octanol–water partition coefficient (Wildman–Crippen LogP) is 14.8. The second-order valence-corrected chi connectivity index (χ2v) is 23.5. The van der Waals surface area contributed by atoms with Crippen LogP contribution in [-0.4, -0.2) is 17.6 Å². The summed E-state index contributed by atoms with van der Waals surface area (Å²) >= 11 is 0. The summed E-state index contributed by atoms with van der Waals surface area (Å²) in [5.74, 6) is 1.39. The van der Waals surface area contributed by atoms with Gasteiger partial charge in [-0.15, -0.1) is 40.9 Å². The Kier molecular flexibility index (Phi) is 13.6. The molecule has 1 atom stereocenters. The van der Waals surface area contributed by atoms with Gasteiger partial charge in [-0.05, 0) is 87.6 Å². The fourth-order valence-corrected chi connectivity index (χ4v) is 10.4. The first-order valence-electron chi connectivity index (χ1n) is 22.0. The van der Waals surface area contributed by atoms with Crippen molar-refractivity contribution < 1.29 is 20.1 Å². The summed E-state index contributed by atoms with van der Waals surface area (Å²) in [5.41, 5.74) is 14.7. The van der Waals surface area contributed by atoms with Crippen LogP contribution in [0.4, 0.5) is 17.1 Å². The third kappa shape index (κ3) is 9.18. The molecule has 318 valence electrons. The molecule has 5 nitrogen and oxygen atoms in total. The molecule has 2 aromatic heterocycles. The molecule has 0 spiro atoms. The molecule has 0 saturated carbocycles. The number of aromatic nitrogens is 2. The van der Waals surface area contributed by atoms with Crippen molar-refractivity contribution in [2.45, 2.75) is 85.6 Å². The quantitative estimate of drug-likeness (QED) is 0.107. The molecule has 0 fully saturated rings. The van der Waals surface area contributed by atoms with Crippen LogP contribution in [0.15, 0.2) is 140 Å². The molecule has 0 N–H and O–H groups in total. The van der Waals surface area contributed by atoms with Crippen molar-refractivity contribution in [2.75, 3.05) is 4.90 Å². The molecule has 0 aliphatic carbocycles. The molecule has 0 amide bonds. The van der Waals surface area contributed by atoms with E-state index in [1.165, 1.54) is 43.9 Å². The second-order valence-electron chi connectivity index (χ2n) is 18.5. The Bertz CT molecular complexity index is 2870. The number of nitrogens with zero attached hydrogens (tertiary/aromatic N) is 5. The summed E-state index contributed by atoms with van der Waals surface area (Å²) in [4.78, 5) is 7.13. The van der Waals surface area contributed by atoms with Gasteiger partial charge in [-0.25, -0.2) is 5.26 Å². The van der Waals surface area contributed by atoms with Crippen LogP contribution in [-0.2, 0) is 26.5 Å². The van der Waals surface area contributed by atoms with Gasteiger partial charge in [-0.2, -0.15) is 23.8 Å². The van der Waals surface area contributed by atoms with Crippen molar-refractivity contribution in [3.05, 3.63) is 185 Å². The number of para-hydroxylation sites is 5. The largest absolute Gasteiger partial charge is 3.00 e. The van der Waals surface area contributed by atoms with Crippen molar-refractivity contribution in [2.24, 2.45) is 5.92 Å². The monoisotopic (exact) mass is 1020 g/mol. The number of anilines is 2. The minimum Gasteiger partial charge on any atom is -0.661 e. The molecule has 0 saturated heterocycles. The summed E-state index contributed by atoms with van der Waals surface area (Å²) in [6, 6.07) is 55.7. The van der Waals surface area contributed by atoms with Gasteiger partial charge in [-0.3, -0.25) is 0 Å². The van der Waals surface area contributed by atoms with Gasteiger partial charge in [0.15, 0.2) is 0 Å². The average Bonchev–Trinajstić information content (AvgIpc) is 3.82. The van der Waals surface area contributed by atoms with Crippen molar-refractivity contribution in [3.8, 4) is 23.0 Å². The van der Waals surface area contributed by atoms with Gasteiger partial charge in [0.2, 0.25) is 0 Å². The number of benzene rings is 6. The maximum atomic E-state index is 8.89. The SMILES string of the molecule is CC(C)Cc1cc(-c2[c-]cc(C#N)cc2)ncc1[Si](C)(C)C.CC(C)c1cccc(C(C)C)c1N1c2ccccc2[N-]C1c1[c-]cc2c(c1)c1ccccc1n2-c1ccccc1.[Ir+3]. The van der Waals surface area contributed by atoms with Gasteiger partial charge in [0.05, 0.1) is 8.07 Å². The summed E-state index contributed by atoms with van der Waals surface area (Å²) < 4.78 is 2.34. The molecule has 3 heterocycles. The van der Waals surface area contributed by atoms with Gasteiger partial charge in [0, 0.05) is 34.8 Å². The van der Waals surface area contributed by atoms with Crippen LogP contribution < -0.4 is 10.1 Å². The van der Waals surface area contributed by atoms with E-state index in [4.69, 9.17) is 10.6 Å². The fourth-order valence-electron chi connectivity index (χ4n) is 8.85. The maximum Gasteiger partial charge on any atom is 3.00 e. The van der Waals surface area contributed by atoms with Crippen LogP contribution in [0.5, 0.6) is 0 Å². The molecule has 1 unspecified atom stereocenters. The Balaban J connectivity index is 0.000000221. The molecule has 1 aliphatic rings. The zero-order valence-corrected chi connectivity index (χ0v) is 41.3. The standard InChI is InChI=1S/C37H33N3.C19H23N2Si.Ir/c1-24(2)28-16-12-17-29(25(3)4)36(28)40-35-20-11-9-18-32(35)38-37(40)26-21-22-34-31(23-26)30-15-8-10-19-33(30)39(34)27-13-6-5-7-14-27;1-14(2)10-17-11-18(21-13-19(17)22(3,4)5)16-8-6-15(12-20)7-9-16;/h5-20,22-25,37H,1-4H3;6-8,11,13-14H,10H2,1-5H3;/q-2;-1;+3. The van der Waals surface area contributed by atoms with Gasteiger partial charge in [-0.1, -0.05) is 151 Å². The molecule has 9 rings (SSSR count). The van der Waals surface area contributed by atoms with Crippen molar-refractivity contribution in [1.29, 1.82) is 5.26 Å². The zero-order chi connectivity index (χ0) is 43.7. The molecule has 7 heteroatoms. The Morgan fingerprint density at radius 2 is 1.41 bits per heavy atom. The number of hydrogen-bond acceptors (Lipinski definition) is 3. The van der Waals surface area contributed by atoms with Gasteiger partial charge in [0.1, 0.15) is 0 Å². The molecule has 1 aliphatic heterocycles. The van der Waals surface area contributed by atoms with Crippen LogP contribution >= 0.6 is 0 Å². The third-order valence-electron chi connectivity index (χ3n) is 11.8. The van der Waals surface area contributed by atoms with E-state index in [2.05, 4.69) is 215 Å². The molecule has 0 radical (unpaired) electrons. The molecule has 0 bridgehead atoms. The van der Waals surface area contributed by atoms with Crippen molar-refractivity contribution >= 4 is 52.1 Å². The Morgan fingerprint density at radius 1 is 0.730 bits per heavy atom. The van der Waals surface area contributed by atoms with E-state index < -0.39 is 8.07 Å². The van der Waals surface area contributed by atoms with Gasteiger partial charge >= 0.3 is 20.1 Å². The Morgan fingerprint density at radius 3 is 2.06 bits per heavy atom. The van der Waals surface area contributed by atoms with Crippen LogP contribution in [0.25, 0.3) is 44.1 Å². The summed E-state index contributed by atoms with van der Waals surface area (Å²) in [5, 5.41) is 18.1. The first-order valence-corrected chi connectivity index (χ1v) is 25.5. The van der Waals surface area contributed by atoms with E-state index in [1.807, 2.05) is 12.1 Å². The average molecular weight is 1020 g/mol. The molecule has 63 heavy (non-hydrogen) atoms. The second kappa shape index (κ2) is 18.9. The van der Waals surface area contributed by atoms with Crippen molar-refractivity contribution in [1.82, 2.24) is 9.55 Å². The normalized spacial score (nSPS) is 13.4. The topological polar surface area (TPSA) is 59.0 Å². The van der Waals surface area contributed by atoms with E-state index in [0.717, 1.165) is 45.8 Å². The minimum absolute atomic E-state index is 0. The van der Waals surface area contributed by atoms with E-state index in [0.29, 0.717) is 23.3 Å². The number of fused-ring (bicyclic) bond motifs is 4. The summed E-state index contributed by atoms with van der Waals surface area (Å²) in [7, 11) is -1.40. The smallest absolute Gasteiger partial charge is 0.661 e. The number of pyridine rings is 1. The molecule has 6 aromatic carbocycles. The minimum atomic E-state index is -1.40. The van der Waals surface area contributed by atoms with Crippen LogP contribution in [0.3, 0.4) is 0 Å². The number of hydrogen-bond donors (Lipinski definition) is 0. The van der Waals surface area contributed by atoms with Crippen LogP contribution in [0.2, 0.25) is 19.6 Å². The summed E-state index contributed by atoms with van der Waals surface area (Å²) in [6.07, 6.45) is 2.94. The predicted molar refractivity (Wildman–Crippen MR) is 263 cm³/mol. The van der Waals surface area contributed by atoms with E-state index >= 15 is 0 Å². The fraction of sp³-hybridized carbons (Fsp3) is 0.250. The Hall–Kier alpha value is -5.77. The molecule has 8 aromatic rings. The van der Waals surface area contributed by atoms with E-state index in [-0.39, 0.29) is 26.3 Å². The van der Waals surface area contributed by atoms with Gasteiger partial charge in [0.25, 0.3) is 0 Å². The maximum absolute atomic E-state index is 8.89. The number of rotatable bonds is 9. The summed E-state index contributed by atoms with van der Waals surface area (Å²) in [6.45, 7) is 20.7. The first-order chi connectivity index (χ1) is 29.8. The van der Waals surface area contributed by atoms with Gasteiger partial charge < -0.3 is 19.8 Å².